The van der Waals surface area contributed by atoms with E-state index >= 15 is 0 Å². The zero-order valence-corrected chi connectivity index (χ0v) is 18.5. The topological polar surface area (TPSA) is 98.5 Å². The lowest BCUT2D eigenvalue weighted by Crippen LogP contribution is -2.38. The molecule has 0 heterocycles. The van der Waals surface area contributed by atoms with Crippen LogP contribution in [0.3, 0.4) is 0 Å². The molecule has 2 rings (SSSR count). The van der Waals surface area contributed by atoms with Crippen molar-refractivity contribution in [2.45, 2.75) is 58.8 Å². The number of carbonyl (C=O) groups excluding carboxylic acids is 1. The van der Waals surface area contributed by atoms with Gasteiger partial charge in [-0.3, -0.25) is 4.79 Å². The van der Waals surface area contributed by atoms with Gasteiger partial charge in [0.25, 0.3) is 5.91 Å². The quantitative estimate of drug-likeness (QED) is 0.637. The zero-order valence-electron chi connectivity index (χ0n) is 17.7. The maximum absolute atomic E-state index is 12.4. The third kappa shape index (κ3) is 6.05. The van der Waals surface area contributed by atoms with Crippen LogP contribution >= 0.6 is 0 Å². The molecule has 0 aliphatic heterocycles. The third-order valence-corrected chi connectivity index (χ3v) is 5.93. The van der Waals surface area contributed by atoms with E-state index in [1.807, 2.05) is 40.7 Å². The molecule has 0 atom stereocenters. The largest absolute Gasteiger partial charge is 0.379 e. The summed E-state index contributed by atoms with van der Waals surface area (Å²) in [5, 5.41) is 5.15. The van der Waals surface area contributed by atoms with Crippen molar-refractivity contribution in [3.63, 3.8) is 0 Å². The highest BCUT2D eigenvalue weighted by Crippen LogP contribution is 2.27. The number of nitrogens with two attached hydrogens (primary N) is 1. The molecule has 0 unspecified atom stereocenters. The van der Waals surface area contributed by atoms with Crippen molar-refractivity contribution in [2.75, 3.05) is 0 Å². The lowest BCUT2D eigenvalue weighted by molar-refractivity contribution is -0.136. The van der Waals surface area contributed by atoms with Gasteiger partial charge in [-0.1, -0.05) is 45.4 Å². The third-order valence-electron chi connectivity index (χ3n) is 5.00. The summed E-state index contributed by atoms with van der Waals surface area (Å²) >= 11 is 0. The molecule has 0 radical (unpaired) electrons. The number of hydrogen-bond acceptors (Lipinski definition) is 4. The van der Waals surface area contributed by atoms with Crippen molar-refractivity contribution in [1.82, 2.24) is 5.48 Å². The summed E-state index contributed by atoms with van der Waals surface area (Å²) in [4.78, 5) is 18.2. The number of carbonyl (C=O) groups is 1. The smallest absolute Gasteiger partial charge is 0.258 e. The van der Waals surface area contributed by atoms with E-state index in [2.05, 4.69) is 11.5 Å². The van der Waals surface area contributed by atoms with E-state index in [1.165, 1.54) is 12.1 Å². The fraction of sp³-hybridized carbons (Fsp3) is 0.409. The molecule has 7 heteroatoms. The number of nitrogens with one attached hydrogen (secondary N) is 1. The molecule has 0 aliphatic rings. The van der Waals surface area contributed by atoms with Crippen LogP contribution < -0.4 is 15.5 Å². The lowest BCUT2D eigenvalue weighted by atomic mass is 9.87. The highest BCUT2D eigenvalue weighted by atomic mass is 32.2. The van der Waals surface area contributed by atoms with Gasteiger partial charge in [-0.25, -0.2) is 13.6 Å². The van der Waals surface area contributed by atoms with Crippen LogP contribution in [0, 0.1) is 19.3 Å². The predicted molar refractivity (Wildman–Crippen MR) is 114 cm³/mol. The van der Waals surface area contributed by atoms with Gasteiger partial charge < -0.3 is 4.84 Å². The molecular formula is C22H30N2O4S. The Bertz CT molecular complexity index is 981. The maximum atomic E-state index is 12.4. The first-order valence-electron chi connectivity index (χ1n) is 9.63. The van der Waals surface area contributed by atoms with E-state index < -0.39 is 15.4 Å². The minimum Gasteiger partial charge on any atom is -0.379 e. The minimum atomic E-state index is -3.71. The van der Waals surface area contributed by atoms with Crippen molar-refractivity contribution in [3.05, 3.63) is 58.7 Å². The fourth-order valence-corrected chi connectivity index (χ4v) is 3.70. The van der Waals surface area contributed by atoms with Crippen molar-refractivity contribution in [1.29, 1.82) is 0 Å². The molecule has 3 N–H and O–H groups in total. The number of amides is 1. The average molecular weight is 419 g/mol. The number of rotatable bonds is 8. The Labute approximate surface area is 173 Å². The van der Waals surface area contributed by atoms with Gasteiger partial charge in [0.2, 0.25) is 10.0 Å². The summed E-state index contributed by atoms with van der Waals surface area (Å²) in [5.74, 6) is 0.446. The Morgan fingerprint density at radius 2 is 1.76 bits per heavy atom. The van der Waals surface area contributed by atoms with Gasteiger partial charge in [-0.2, -0.15) is 5.48 Å². The van der Waals surface area contributed by atoms with Crippen molar-refractivity contribution >= 4 is 15.9 Å². The molecule has 0 saturated carbocycles. The number of primary sulfonamides is 1. The van der Waals surface area contributed by atoms with Crippen LogP contribution in [0.2, 0.25) is 0 Å². The molecule has 2 aromatic carbocycles. The molecule has 0 saturated heterocycles. The molecule has 0 aromatic heterocycles. The van der Waals surface area contributed by atoms with Gasteiger partial charge in [-0.15, -0.1) is 0 Å². The lowest BCUT2D eigenvalue weighted by Gasteiger charge is -2.23. The first-order chi connectivity index (χ1) is 13.4. The Hall–Kier alpha value is -2.38. The van der Waals surface area contributed by atoms with Crippen LogP contribution in [0.25, 0.3) is 0 Å². The Morgan fingerprint density at radius 3 is 2.31 bits per heavy atom. The van der Waals surface area contributed by atoms with Crippen LogP contribution in [0.1, 0.15) is 55.9 Å². The summed E-state index contributed by atoms with van der Waals surface area (Å²) in [6.45, 7) is 9.74. The second kappa shape index (κ2) is 8.97. The van der Waals surface area contributed by atoms with E-state index in [-0.39, 0.29) is 10.8 Å². The highest BCUT2D eigenvalue weighted by molar-refractivity contribution is 7.89. The zero-order chi connectivity index (χ0) is 21.8. The Balaban J connectivity index is 2.19. The van der Waals surface area contributed by atoms with Crippen LogP contribution in [-0.4, -0.2) is 14.3 Å². The van der Waals surface area contributed by atoms with Gasteiger partial charge in [0.05, 0.1) is 4.90 Å². The summed E-state index contributed by atoms with van der Waals surface area (Å²) in [6.07, 6.45) is 2.29. The van der Waals surface area contributed by atoms with Crippen molar-refractivity contribution in [3.8, 4) is 5.75 Å². The monoisotopic (exact) mass is 418 g/mol. The maximum Gasteiger partial charge on any atom is 0.258 e. The normalized spacial score (nSPS) is 11.9. The van der Waals surface area contributed by atoms with Gasteiger partial charge in [0.15, 0.2) is 5.75 Å². The first-order valence-corrected chi connectivity index (χ1v) is 11.2. The van der Waals surface area contributed by atoms with Gasteiger partial charge >= 0.3 is 0 Å². The Morgan fingerprint density at radius 1 is 1.14 bits per heavy atom. The van der Waals surface area contributed by atoms with E-state index in [4.69, 9.17) is 9.98 Å². The number of aryl methyl sites for hydroxylation is 1. The second-order valence-electron chi connectivity index (χ2n) is 8.08. The van der Waals surface area contributed by atoms with Crippen LogP contribution in [-0.2, 0) is 21.2 Å². The Kier molecular flexibility index (Phi) is 7.08. The van der Waals surface area contributed by atoms with Crippen molar-refractivity contribution < 1.29 is 18.0 Å². The standard InChI is InChI=1S/C22H30N2O4S/c1-6-11-22(4,5)21(25)24-28-20-13-15(2)12-18(16(20)3)14-17-7-9-19(10-8-17)29(23,26)27/h7-10,12-13H,6,11,14H2,1-5H3,(H,24,25)(H2,23,26,27). The molecule has 29 heavy (non-hydrogen) atoms. The van der Waals surface area contributed by atoms with Crippen LogP contribution in [0.15, 0.2) is 41.3 Å². The van der Waals surface area contributed by atoms with Crippen LogP contribution in [0.5, 0.6) is 5.75 Å². The number of hydroxylamine groups is 1. The number of benzene rings is 2. The van der Waals surface area contributed by atoms with Gasteiger partial charge in [-0.05, 0) is 67.1 Å². The molecule has 0 bridgehead atoms. The molecular weight excluding hydrogens is 388 g/mol. The summed E-state index contributed by atoms with van der Waals surface area (Å²) < 4.78 is 22.8. The second-order valence-corrected chi connectivity index (χ2v) is 9.64. The van der Waals surface area contributed by atoms with Crippen LogP contribution in [0.4, 0.5) is 0 Å². The molecule has 158 valence electrons. The fourth-order valence-electron chi connectivity index (χ4n) is 3.18. The van der Waals surface area contributed by atoms with E-state index in [1.54, 1.807) is 12.1 Å². The molecule has 0 fully saturated rings. The average Bonchev–Trinajstić information content (AvgIpc) is 2.62. The van der Waals surface area contributed by atoms with Crippen molar-refractivity contribution in [2.24, 2.45) is 10.6 Å². The van der Waals surface area contributed by atoms with E-state index in [0.29, 0.717) is 12.2 Å². The summed E-state index contributed by atoms with van der Waals surface area (Å²) in [6, 6.07) is 10.4. The SMILES string of the molecule is CCCC(C)(C)C(=O)NOc1cc(C)cc(Cc2ccc(S(N)(=O)=O)cc2)c1C. The van der Waals surface area contributed by atoms with Gasteiger partial charge in [0, 0.05) is 5.41 Å². The molecule has 0 spiro atoms. The van der Waals surface area contributed by atoms with E-state index in [9.17, 15) is 13.2 Å². The summed E-state index contributed by atoms with van der Waals surface area (Å²) in [7, 11) is -3.71. The number of sulfonamides is 1. The number of hydrogen-bond donors (Lipinski definition) is 2. The summed E-state index contributed by atoms with van der Waals surface area (Å²) in [5.41, 5.74) is 5.99. The highest BCUT2D eigenvalue weighted by Gasteiger charge is 2.27. The van der Waals surface area contributed by atoms with E-state index in [0.717, 1.165) is 35.1 Å². The molecule has 2 aromatic rings. The molecule has 0 aliphatic carbocycles. The minimum absolute atomic E-state index is 0.0867. The molecule has 1 amide bonds. The molecule has 6 nitrogen and oxygen atoms in total. The first kappa shape index (κ1) is 22.9. The predicted octanol–water partition coefficient (Wildman–Crippen LogP) is 3.78. The van der Waals surface area contributed by atoms with Gasteiger partial charge in [0.1, 0.15) is 0 Å².